The quantitative estimate of drug-likeness (QED) is 0.607. The number of hydrogen-bond donors (Lipinski definition) is 2. The fourth-order valence-electron chi connectivity index (χ4n) is 0.755. The fourth-order valence-corrected chi connectivity index (χ4v) is 1.98. The predicted molar refractivity (Wildman–Crippen MR) is 58.6 cm³/mol. The van der Waals surface area contributed by atoms with Gasteiger partial charge in [0.05, 0.1) is 6.04 Å². The third-order valence-corrected chi connectivity index (χ3v) is 3.37. The molecule has 0 fully saturated rings. The van der Waals surface area contributed by atoms with Crippen LogP contribution < -0.4 is 11.5 Å². The average molecular weight is 204 g/mol. The first-order valence-corrected chi connectivity index (χ1v) is 5.86. The van der Waals surface area contributed by atoms with E-state index in [2.05, 4.69) is 13.8 Å². The molecule has 78 valence electrons. The van der Waals surface area contributed by atoms with Crippen LogP contribution in [0.2, 0.25) is 0 Å². The number of nitrogens with two attached hydrogens (primary N) is 2. The highest BCUT2D eigenvalue weighted by atomic mass is 32.2. The topological polar surface area (TPSA) is 69.1 Å². The zero-order chi connectivity index (χ0) is 10.3. The van der Waals surface area contributed by atoms with Crippen molar-refractivity contribution in [2.75, 3.05) is 11.5 Å². The lowest BCUT2D eigenvalue weighted by atomic mass is 10.2. The van der Waals surface area contributed by atoms with Gasteiger partial charge in [0, 0.05) is 0 Å². The lowest BCUT2D eigenvalue weighted by Gasteiger charge is -2.09. The Hall–Kier alpha value is -0.220. The van der Waals surface area contributed by atoms with Gasteiger partial charge >= 0.3 is 0 Å². The van der Waals surface area contributed by atoms with Crippen LogP contribution in [-0.2, 0) is 4.79 Å². The molecule has 0 aliphatic rings. The molecule has 0 spiro atoms. The Morgan fingerprint density at radius 3 is 2.62 bits per heavy atom. The third-order valence-electron chi connectivity index (χ3n) is 2.04. The second-order valence-corrected chi connectivity index (χ2v) is 4.54. The Labute approximate surface area is 84.6 Å². The van der Waals surface area contributed by atoms with Crippen LogP contribution in [-0.4, -0.2) is 23.5 Å². The number of thioether (sulfide) groups is 1. The standard InChI is InChI=1S/C9H20N2OS/c1-3-7(2)6-13-5-4-8(10)9(11)12/h7-8H,3-6,10H2,1-2H3,(H2,11,12). The smallest absolute Gasteiger partial charge is 0.234 e. The minimum Gasteiger partial charge on any atom is -0.368 e. The Balaban J connectivity index is 3.30. The summed E-state index contributed by atoms with van der Waals surface area (Å²) in [5.74, 6) is 2.41. The largest absolute Gasteiger partial charge is 0.368 e. The number of carbonyl (C=O) groups excluding carboxylic acids is 1. The van der Waals surface area contributed by atoms with Crippen molar-refractivity contribution in [3.05, 3.63) is 0 Å². The molecule has 0 saturated heterocycles. The third kappa shape index (κ3) is 6.90. The van der Waals surface area contributed by atoms with Crippen molar-refractivity contribution in [3.8, 4) is 0 Å². The number of amides is 1. The van der Waals surface area contributed by atoms with Crippen LogP contribution in [0.25, 0.3) is 0 Å². The van der Waals surface area contributed by atoms with Crippen molar-refractivity contribution in [1.29, 1.82) is 0 Å². The lowest BCUT2D eigenvalue weighted by Crippen LogP contribution is -2.36. The summed E-state index contributed by atoms with van der Waals surface area (Å²) in [6, 6.07) is -0.468. The molecule has 0 heterocycles. The summed E-state index contributed by atoms with van der Waals surface area (Å²) >= 11 is 1.84. The van der Waals surface area contributed by atoms with Gasteiger partial charge in [-0.1, -0.05) is 20.3 Å². The Bertz CT molecular complexity index is 153. The van der Waals surface area contributed by atoms with Gasteiger partial charge in [0.1, 0.15) is 0 Å². The second kappa shape index (κ2) is 7.21. The van der Waals surface area contributed by atoms with Gasteiger partial charge in [-0.15, -0.1) is 0 Å². The summed E-state index contributed by atoms with van der Waals surface area (Å²) in [6.07, 6.45) is 1.89. The molecule has 0 aliphatic carbocycles. The highest BCUT2D eigenvalue weighted by molar-refractivity contribution is 7.99. The van der Waals surface area contributed by atoms with Crippen LogP contribution in [0.3, 0.4) is 0 Å². The maximum Gasteiger partial charge on any atom is 0.234 e. The van der Waals surface area contributed by atoms with Crippen molar-refractivity contribution in [3.63, 3.8) is 0 Å². The zero-order valence-corrected chi connectivity index (χ0v) is 9.27. The van der Waals surface area contributed by atoms with E-state index in [9.17, 15) is 4.79 Å². The van der Waals surface area contributed by atoms with Gasteiger partial charge in [0.2, 0.25) is 5.91 Å². The molecular weight excluding hydrogens is 184 g/mol. The summed E-state index contributed by atoms with van der Waals surface area (Å²) in [5, 5.41) is 0. The summed E-state index contributed by atoms with van der Waals surface area (Å²) in [6.45, 7) is 4.40. The molecule has 0 aromatic carbocycles. The minimum atomic E-state index is -0.468. The van der Waals surface area contributed by atoms with Gasteiger partial charge in [-0.25, -0.2) is 0 Å². The normalized spacial score (nSPS) is 15.3. The molecule has 0 saturated carbocycles. The first-order chi connectivity index (χ1) is 6.07. The molecule has 2 unspecified atom stereocenters. The molecule has 0 aromatic heterocycles. The average Bonchev–Trinajstić information content (AvgIpc) is 2.11. The van der Waals surface area contributed by atoms with E-state index in [1.807, 2.05) is 11.8 Å². The Morgan fingerprint density at radius 1 is 1.54 bits per heavy atom. The molecule has 0 radical (unpaired) electrons. The molecule has 4 N–H and O–H groups in total. The van der Waals surface area contributed by atoms with Crippen molar-refractivity contribution in [2.24, 2.45) is 17.4 Å². The fraction of sp³-hybridized carbons (Fsp3) is 0.889. The van der Waals surface area contributed by atoms with E-state index in [4.69, 9.17) is 11.5 Å². The van der Waals surface area contributed by atoms with E-state index in [-0.39, 0.29) is 0 Å². The molecule has 0 bridgehead atoms. The van der Waals surface area contributed by atoms with Crippen LogP contribution >= 0.6 is 11.8 Å². The van der Waals surface area contributed by atoms with E-state index in [1.54, 1.807) is 0 Å². The summed E-state index contributed by atoms with van der Waals surface area (Å²) in [7, 11) is 0. The van der Waals surface area contributed by atoms with E-state index in [1.165, 1.54) is 6.42 Å². The van der Waals surface area contributed by atoms with Crippen LogP contribution in [0, 0.1) is 5.92 Å². The molecule has 0 aliphatic heterocycles. The maximum atomic E-state index is 10.6. The van der Waals surface area contributed by atoms with Crippen LogP contribution in [0.5, 0.6) is 0 Å². The monoisotopic (exact) mass is 204 g/mol. The Kier molecular flexibility index (Phi) is 7.09. The molecular formula is C9H20N2OS. The van der Waals surface area contributed by atoms with E-state index < -0.39 is 11.9 Å². The highest BCUT2D eigenvalue weighted by Crippen LogP contribution is 2.12. The number of carbonyl (C=O) groups is 1. The van der Waals surface area contributed by atoms with Gasteiger partial charge in [-0.05, 0) is 23.8 Å². The summed E-state index contributed by atoms with van der Waals surface area (Å²) < 4.78 is 0. The van der Waals surface area contributed by atoms with Crippen LogP contribution in [0.4, 0.5) is 0 Å². The van der Waals surface area contributed by atoms with Crippen LogP contribution in [0.1, 0.15) is 26.7 Å². The summed E-state index contributed by atoms with van der Waals surface area (Å²) in [4.78, 5) is 10.6. The van der Waals surface area contributed by atoms with E-state index in [0.717, 1.165) is 17.4 Å². The van der Waals surface area contributed by atoms with Gasteiger partial charge in [0.15, 0.2) is 0 Å². The van der Waals surface area contributed by atoms with Crippen molar-refractivity contribution in [2.45, 2.75) is 32.7 Å². The van der Waals surface area contributed by atoms with Gasteiger partial charge in [-0.3, -0.25) is 4.79 Å². The molecule has 1 amide bonds. The maximum absolute atomic E-state index is 10.6. The SMILES string of the molecule is CCC(C)CSCCC(N)C(N)=O. The Morgan fingerprint density at radius 2 is 2.15 bits per heavy atom. The first kappa shape index (κ1) is 12.8. The predicted octanol–water partition coefficient (Wildman–Crippen LogP) is 0.968. The van der Waals surface area contributed by atoms with E-state index >= 15 is 0 Å². The van der Waals surface area contributed by atoms with Gasteiger partial charge < -0.3 is 11.5 Å². The second-order valence-electron chi connectivity index (χ2n) is 3.39. The first-order valence-electron chi connectivity index (χ1n) is 4.70. The molecule has 2 atom stereocenters. The molecule has 0 rings (SSSR count). The number of hydrogen-bond acceptors (Lipinski definition) is 3. The molecule has 0 aromatic rings. The molecule has 13 heavy (non-hydrogen) atoms. The van der Waals surface area contributed by atoms with Gasteiger partial charge in [0.25, 0.3) is 0 Å². The van der Waals surface area contributed by atoms with Crippen LogP contribution in [0.15, 0.2) is 0 Å². The number of primary amides is 1. The molecule has 3 nitrogen and oxygen atoms in total. The minimum absolute atomic E-state index is 0.399. The van der Waals surface area contributed by atoms with Crippen molar-refractivity contribution < 1.29 is 4.79 Å². The van der Waals surface area contributed by atoms with Gasteiger partial charge in [-0.2, -0.15) is 11.8 Å². The highest BCUT2D eigenvalue weighted by Gasteiger charge is 2.08. The lowest BCUT2D eigenvalue weighted by molar-refractivity contribution is -0.119. The van der Waals surface area contributed by atoms with Crippen molar-refractivity contribution in [1.82, 2.24) is 0 Å². The zero-order valence-electron chi connectivity index (χ0n) is 8.45. The van der Waals surface area contributed by atoms with Crippen molar-refractivity contribution >= 4 is 17.7 Å². The number of rotatable bonds is 7. The van der Waals surface area contributed by atoms with E-state index in [0.29, 0.717) is 6.42 Å². The summed E-state index contributed by atoms with van der Waals surface area (Å²) in [5.41, 5.74) is 10.5. The molecule has 4 heteroatoms.